The number of carbonyl (C=O) groups is 1. The molecule has 0 amide bonds. The van der Waals surface area contributed by atoms with Crippen molar-refractivity contribution >= 4 is 34.9 Å². The Morgan fingerprint density at radius 3 is 2.74 bits per heavy atom. The van der Waals surface area contributed by atoms with E-state index in [0.717, 1.165) is 35.4 Å². The quantitative estimate of drug-likeness (QED) is 0.549. The van der Waals surface area contributed by atoms with Gasteiger partial charge in [0.2, 0.25) is 5.95 Å². The fourth-order valence-electron chi connectivity index (χ4n) is 4.16. The van der Waals surface area contributed by atoms with Crippen molar-refractivity contribution < 1.29 is 9.53 Å². The molecule has 0 fully saturated rings. The second kappa shape index (κ2) is 8.02. The lowest BCUT2D eigenvalue weighted by Crippen LogP contribution is -2.31. The third-order valence-electron chi connectivity index (χ3n) is 5.57. The van der Waals surface area contributed by atoms with Gasteiger partial charge in [-0.3, -0.25) is 4.79 Å². The highest BCUT2D eigenvalue weighted by Crippen LogP contribution is 2.43. The molecule has 6 nitrogen and oxygen atoms in total. The molecular weight excluding hydrogens is 435 g/mol. The Bertz CT molecular complexity index is 1200. The zero-order valence-electron chi connectivity index (χ0n) is 16.9. The van der Waals surface area contributed by atoms with Crippen molar-refractivity contribution in [3.8, 4) is 17.1 Å². The van der Waals surface area contributed by atoms with Crippen LogP contribution in [0.5, 0.6) is 5.75 Å². The summed E-state index contributed by atoms with van der Waals surface area (Å²) in [5.74, 6) is 2.03. The molecule has 2 aromatic carbocycles. The van der Waals surface area contributed by atoms with Crippen LogP contribution in [0.3, 0.4) is 0 Å². The second-order valence-electron chi connectivity index (χ2n) is 7.50. The van der Waals surface area contributed by atoms with Crippen LogP contribution < -0.4 is 10.1 Å². The molecule has 1 aliphatic carbocycles. The summed E-state index contributed by atoms with van der Waals surface area (Å²) in [5, 5.41) is 8.96. The second-order valence-corrected chi connectivity index (χ2v) is 8.29. The third-order valence-corrected chi connectivity index (χ3v) is 6.40. The largest absolute Gasteiger partial charge is 0.494 e. The molecule has 1 aliphatic heterocycles. The molecule has 1 unspecified atom stereocenters. The predicted octanol–water partition coefficient (Wildman–Crippen LogP) is 5.67. The first-order valence-electron chi connectivity index (χ1n) is 10.2. The number of allylic oxidation sites excluding steroid dienone is 2. The number of Topliss-reactive ketones (excluding diaryl/α,β-unsaturated/α-hetero) is 1. The van der Waals surface area contributed by atoms with Gasteiger partial charge >= 0.3 is 0 Å². The number of ether oxygens (including phenoxy) is 1. The van der Waals surface area contributed by atoms with E-state index in [1.165, 1.54) is 0 Å². The molecule has 0 spiro atoms. The van der Waals surface area contributed by atoms with E-state index >= 15 is 0 Å². The number of anilines is 1. The van der Waals surface area contributed by atoms with Gasteiger partial charge in [-0.05, 0) is 50.1 Å². The van der Waals surface area contributed by atoms with Gasteiger partial charge in [-0.15, -0.1) is 5.10 Å². The van der Waals surface area contributed by atoms with Crippen LogP contribution >= 0.6 is 23.2 Å². The first-order valence-corrected chi connectivity index (χ1v) is 11.0. The van der Waals surface area contributed by atoms with Gasteiger partial charge < -0.3 is 10.1 Å². The number of hydrogen-bond donors (Lipinski definition) is 1. The van der Waals surface area contributed by atoms with E-state index in [-0.39, 0.29) is 5.78 Å². The van der Waals surface area contributed by atoms with Crippen molar-refractivity contribution in [2.24, 2.45) is 0 Å². The molecule has 1 atom stereocenters. The summed E-state index contributed by atoms with van der Waals surface area (Å²) in [6, 6.07) is 12.6. The summed E-state index contributed by atoms with van der Waals surface area (Å²) in [4.78, 5) is 17.7. The van der Waals surface area contributed by atoms with Crippen LogP contribution in [0.4, 0.5) is 5.95 Å². The predicted molar refractivity (Wildman–Crippen MR) is 121 cm³/mol. The molecule has 31 heavy (non-hydrogen) atoms. The maximum absolute atomic E-state index is 12.9. The van der Waals surface area contributed by atoms with Crippen LogP contribution in [0.15, 0.2) is 53.7 Å². The summed E-state index contributed by atoms with van der Waals surface area (Å²) in [5.41, 5.74) is 3.16. The molecule has 2 aliphatic rings. The third kappa shape index (κ3) is 3.50. The Labute approximate surface area is 189 Å². The van der Waals surface area contributed by atoms with Gasteiger partial charge in [-0.25, -0.2) is 4.68 Å². The van der Waals surface area contributed by atoms with E-state index in [4.69, 9.17) is 38.0 Å². The first-order chi connectivity index (χ1) is 15.1. The number of benzene rings is 2. The highest BCUT2D eigenvalue weighted by atomic mass is 35.5. The Morgan fingerprint density at radius 2 is 1.97 bits per heavy atom. The highest BCUT2D eigenvalue weighted by Gasteiger charge is 2.38. The van der Waals surface area contributed by atoms with Crippen molar-refractivity contribution in [1.29, 1.82) is 0 Å². The number of nitrogens with one attached hydrogen (secondary N) is 1. The van der Waals surface area contributed by atoms with Gasteiger partial charge in [-0.2, -0.15) is 4.98 Å². The standard InChI is InChI=1S/C23H20Cl2N4O2/c1-2-31-14-11-9-13(10-12-14)22-27-23-26-17-7-4-8-18(30)19(17)21(29(23)28-22)15-5-3-6-16(24)20(15)25/h3,5-6,9-12,21H,2,4,7-8H2,1H3,(H,26,27,28). The van der Waals surface area contributed by atoms with Crippen molar-refractivity contribution in [2.45, 2.75) is 32.2 Å². The minimum absolute atomic E-state index is 0.0959. The van der Waals surface area contributed by atoms with Gasteiger partial charge in [0.25, 0.3) is 0 Å². The van der Waals surface area contributed by atoms with E-state index in [2.05, 4.69) is 5.32 Å². The monoisotopic (exact) mass is 454 g/mol. The van der Waals surface area contributed by atoms with Crippen LogP contribution in [0.25, 0.3) is 11.4 Å². The van der Waals surface area contributed by atoms with Gasteiger partial charge in [0, 0.05) is 28.8 Å². The molecule has 0 radical (unpaired) electrons. The Hall–Kier alpha value is -2.83. The molecule has 1 aromatic heterocycles. The Morgan fingerprint density at radius 1 is 1.16 bits per heavy atom. The lowest BCUT2D eigenvalue weighted by Gasteiger charge is -2.32. The van der Waals surface area contributed by atoms with Crippen LogP contribution in [-0.2, 0) is 4.79 Å². The minimum atomic E-state index is -0.478. The average Bonchev–Trinajstić information content (AvgIpc) is 3.19. The molecule has 0 saturated heterocycles. The van der Waals surface area contributed by atoms with E-state index in [1.54, 1.807) is 10.7 Å². The fraction of sp³-hybridized carbons (Fsp3) is 0.261. The summed E-state index contributed by atoms with van der Waals surface area (Å²) >= 11 is 12.9. The lowest BCUT2D eigenvalue weighted by molar-refractivity contribution is -0.116. The fourth-order valence-corrected chi connectivity index (χ4v) is 4.58. The molecule has 3 aromatic rings. The van der Waals surface area contributed by atoms with Gasteiger partial charge in [-0.1, -0.05) is 35.3 Å². The Balaban J connectivity index is 1.64. The van der Waals surface area contributed by atoms with Gasteiger partial charge in [0.05, 0.1) is 16.7 Å². The normalized spacial score (nSPS) is 17.8. The molecule has 158 valence electrons. The van der Waals surface area contributed by atoms with Crippen molar-refractivity contribution in [3.05, 3.63) is 69.3 Å². The van der Waals surface area contributed by atoms with E-state index in [1.807, 2.05) is 43.3 Å². The number of fused-ring (bicyclic) bond motifs is 1. The van der Waals surface area contributed by atoms with Crippen LogP contribution in [0.1, 0.15) is 37.8 Å². The maximum atomic E-state index is 12.9. The summed E-state index contributed by atoms with van der Waals surface area (Å²) in [7, 11) is 0. The maximum Gasteiger partial charge on any atom is 0.226 e. The number of hydrogen-bond acceptors (Lipinski definition) is 5. The molecule has 8 heteroatoms. The summed E-state index contributed by atoms with van der Waals surface area (Å²) < 4.78 is 7.26. The smallest absolute Gasteiger partial charge is 0.226 e. The molecule has 5 rings (SSSR count). The molecular formula is C23H20Cl2N4O2. The van der Waals surface area contributed by atoms with Crippen molar-refractivity contribution in [2.75, 3.05) is 11.9 Å². The van der Waals surface area contributed by atoms with Crippen LogP contribution in [0.2, 0.25) is 10.0 Å². The zero-order valence-corrected chi connectivity index (χ0v) is 18.4. The summed E-state index contributed by atoms with van der Waals surface area (Å²) in [6.45, 7) is 2.55. The number of ketones is 1. The van der Waals surface area contributed by atoms with Gasteiger partial charge in [0.15, 0.2) is 11.6 Å². The Kier molecular flexibility index (Phi) is 5.20. The highest BCUT2D eigenvalue weighted by molar-refractivity contribution is 6.42. The first kappa shape index (κ1) is 20.1. The number of carbonyl (C=O) groups excluding carboxylic acids is 1. The van der Waals surface area contributed by atoms with Crippen molar-refractivity contribution in [1.82, 2.24) is 14.8 Å². The number of aromatic nitrogens is 3. The summed E-state index contributed by atoms with van der Waals surface area (Å²) in [6.07, 6.45) is 2.09. The van der Waals surface area contributed by atoms with Gasteiger partial charge in [0.1, 0.15) is 11.8 Å². The zero-order chi connectivity index (χ0) is 21.5. The SMILES string of the molecule is CCOc1ccc(-c2nc3n(n2)C(c2cccc(Cl)c2Cl)C2=C(CCCC2=O)N3)cc1. The van der Waals surface area contributed by atoms with Crippen molar-refractivity contribution in [3.63, 3.8) is 0 Å². The molecule has 2 heterocycles. The van der Waals surface area contributed by atoms with Crippen LogP contribution in [0, 0.1) is 0 Å². The van der Waals surface area contributed by atoms with E-state index in [9.17, 15) is 4.79 Å². The lowest BCUT2D eigenvalue weighted by atomic mass is 9.85. The molecule has 1 N–H and O–H groups in total. The number of nitrogens with zero attached hydrogens (tertiary/aromatic N) is 3. The molecule has 0 bridgehead atoms. The molecule has 0 saturated carbocycles. The average molecular weight is 455 g/mol. The number of rotatable bonds is 4. The van der Waals surface area contributed by atoms with E-state index in [0.29, 0.717) is 40.4 Å². The number of halogens is 2. The van der Waals surface area contributed by atoms with E-state index < -0.39 is 6.04 Å². The van der Waals surface area contributed by atoms with Crippen LogP contribution in [-0.4, -0.2) is 27.2 Å². The minimum Gasteiger partial charge on any atom is -0.494 e. The topological polar surface area (TPSA) is 69.0 Å².